The van der Waals surface area contributed by atoms with Crippen LogP contribution in [0.5, 0.6) is 17.2 Å². The van der Waals surface area contributed by atoms with Crippen molar-refractivity contribution in [2.24, 2.45) is 5.73 Å². The minimum atomic E-state index is -3.96. The highest BCUT2D eigenvalue weighted by molar-refractivity contribution is 7.93. The first-order valence-electron chi connectivity index (χ1n) is 12.7. The fraction of sp³-hybridized carbons (Fsp3) is 0.345. The zero-order valence-corrected chi connectivity index (χ0v) is 21.9. The molecule has 8 nitrogen and oxygen atoms in total. The summed E-state index contributed by atoms with van der Waals surface area (Å²) in [6.07, 6.45) is 1.72. The summed E-state index contributed by atoms with van der Waals surface area (Å²) in [6.45, 7) is 1.96. The predicted octanol–water partition coefficient (Wildman–Crippen LogP) is 3.94. The molecule has 200 valence electrons. The number of amides is 1. The summed E-state index contributed by atoms with van der Waals surface area (Å²) in [5.74, 6) is 1.27. The number of rotatable bonds is 9. The summed E-state index contributed by atoms with van der Waals surface area (Å²) in [6, 6.07) is 20.5. The third-order valence-electron chi connectivity index (χ3n) is 7.08. The Balaban J connectivity index is 1.17. The lowest BCUT2D eigenvalue weighted by Gasteiger charge is -2.33. The lowest BCUT2D eigenvalue weighted by molar-refractivity contribution is -0.122. The van der Waals surface area contributed by atoms with Crippen LogP contribution in [-0.2, 0) is 25.8 Å². The zero-order valence-electron chi connectivity index (χ0n) is 21.1. The number of hydrogen-bond donors (Lipinski definition) is 1. The quantitative estimate of drug-likeness (QED) is 0.411. The molecule has 2 N–H and O–H groups in total. The number of nitrogens with two attached hydrogens (primary N) is 1. The zero-order chi connectivity index (χ0) is 26.6. The molecule has 9 heteroatoms. The average Bonchev–Trinajstić information content (AvgIpc) is 2.95. The smallest absolute Gasteiger partial charge is 0.239 e. The van der Waals surface area contributed by atoms with E-state index in [9.17, 15) is 13.2 Å². The molecule has 5 rings (SSSR count). The van der Waals surface area contributed by atoms with Crippen molar-refractivity contribution in [1.82, 2.24) is 0 Å². The molecule has 3 aromatic rings. The molecule has 0 spiro atoms. The first kappa shape index (κ1) is 26.1. The van der Waals surface area contributed by atoms with Gasteiger partial charge in [-0.3, -0.25) is 4.79 Å². The fourth-order valence-corrected chi connectivity index (χ4v) is 6.80. The predicted molar refractivity (Wildman–Crippen MR) is 142 cm³/mol. The van der Waals surface area contributed by atoms with Crippen molar-refractivity contribution in [2.45, 2.75) is 35.3 Å². The van der Waals surface area contributed by atoms with E-state index in [0.29, 0.717) is 25.6 Å². The Bertz CT molecular complexity index is 1400. The van der Waals surface area contributed by atoms with E-state index in [1.165, 1.54) is 17.7 Å². The van der Waals surface area contributed by atoms with Gasteiger partial charge in [0, 0.05) is 13.2 Å². The maximum Gasteiger partial charge on any atom is 0.239 e. The second-order valence-electron chi connectivity index (χ2n) is 9.46. The van der Waals surface area contributed by atoms with Crippen LogP contribution < -0.4 is 19.9 Å². The largest absolute Gasteiger partial charge is 0.494 e. The molecule has 0 bridgehead atoms. The van der Waals surface area contributed by atoms with Crippen LogP contribution in [0.3, 0.4) is 0 Å². The van der Waals surface area contributed by atoms with Gasteiger partial charge in [0.1, 0.15) is 19.0 Å². The Morgan fingerprint density at radius 3 is 2.32 bits per heavy atom. The number of ether oxygens (including phenoxy) is 4. The average molecular weight is 538 g/mol. The van der Waals surface area contributed by atoms with Gasteiger partial charge in [-0.2, -0.15) is 0 Å². The molecular formula is C29H31NO7S. The van der Waals surface area contributed by atoms with E-state index in [-0.39, 0.29) is 31.0 Å². The van der Waals surface area contributed by atoms with Gasteiger partial charge in [0.15, 0.2) is 26.1 Å². The summed E-state index contributed by atoms with van der Waals surface area (Å²) in [5, 5.41) is 0. The topological polar surface area (TPSA) is 114 Å². The first-order chi connectivity index (χ1) is 18.4. The third-order valence-corrected chi connectivity index (χ3v) is 9.61. The van der Waals surface area contributed by atoms with Gasteiger partial charge in [-0.1, -0.05) is 30.3 Å². The van der Waals surface area contributed by atoms with Crippen molar-refractivity contribution in [1.29, 1.82) is 0 Å². The number of aryl methyl sites for hydroxylation is 1. The highest BCUT2D eigenvalue weighted by Gasteiger charge is 2.51. The molecule has 1 amide bonds. The van der Waals surface area contributed by atoms with Crippen LogP contribution in [0.2, 0.25) is 0 Å². The van der Waals surface area contributed by atoms with Crippen molar-refractivity contribution < 1.29 is 32.2 Å². The standard InChI is InChI=1S/C29H31NO7S/c30-28(31)29(12-15-34-16-13-29)38(32,33)25-9-7-24(8-10-25)35-14-2-4-21-3-1-5-22(19-21)23-6-11-26-27(20-23)37-18-17-36-26/h1,3,5-11,19-20H,2,4,12-18H2,(H2,30,31). The summed E-state index contributed by atoms with van der Waals surface area (Å²) in [5.41, 5.74) is 8.91. The second kappa shape index (κ2) is 11.0. The highest BCUT2D eigenvalue weighted by Crippen LogP contribution is 2.36. The fourth-order valence-electron chi connectivity index (χ4n) is 4.88. The molecule has 38 heavy (non-hydrogen) atoms. The van der Waals surface area contributed by atoms with Crippen molar-refractivity contribution in [3.05, 3.63) is 72.3 Å². The Morgan fingerprint density at radius 1 is 0.868 bits per heavy atom. The van der Waals surface area contributed by atoms with E-state index in [4.69, 9.17) is 24.7 Å². The number of carbonyl (C=O) groups excluding carboxylic acids is 1. The van der Waals surface area contributed by atoms with Crippen LogP contribution in [0.1, 0.15) is 24.8 Å². The molecule has 2 aliphatic rings. The van der Waals surface area contributed by atoms with Crippen LogP contribution in [0.4, 0.5) is 0 Å². The van der Waals surface area contributed by atoms with Crippen LogP contribution in [-0.4, -0.2) is 52.1 Å². The maximum absolute atomic E-state index is 13.3. The number of sulfone groups is 1. The Hall–Kier alpha value is -3.56. The monoisotopic (exact) mass is 537 g/mol. The van der Waals surface area contributed by atoms with Crippen LogP contribution >= 0.6 is 0 Å². The molecular weight excluding hydrogens is 506 g/mol. The molecule has 0 radical (unpaired) electrons. The SMILES string of the molecule is NC(=O)C1(S(=O)(=O)c2ccc(OCCCc3cccc(-c4ccc5c(c4)OCCO5)c3)cc2)CCOCC1. The number of carbonyl (C=O) groups is 1. The summed E-state index contributed by atoms with van der Waals surface area (Å²) in [4.78, 5) is 12.2. The number of benzene rings is 3. The Labute approximate surface area is 222 Å². The van der Waals surface area contributed by atoms with Crippen molar-refractivity contribution in [3.8, 4) is 28.4 Å². The van der Waals surface area contributed by atoms with E-state index in [0.717, 1.165) is 35.5 Å². The highest BCUT2D eigenvalue weighted by atomic mass is 32.2. The van der Waals surface area contributed by atoms with Gasteiger partial charge in [-0.05, 0) is 78.8 Å². The van der Waals surface area contributed by atoms with Crippen molar-refractivity contribution in [2.75, 3.05) is 33.0 Å². The van der Waals surface area contributed by atoms with Crippen molar-refractivity contribution in [3.63, 3.8) is 0 Å². The van der Waals surface area contributed by atoms with Crippen LogP contribution in [0.25, 0.3) is 11.1 Å². The third kappa shape index (κ3) is 5.21. The van der Waals surface area contributed by atoms with Crippen molar-refractivity contribution >= 4 is 15.7 Å². The molecule has 0 aromatic heterocycles. The van der Waals surface area contributed by atoms with Crippen LogP contribution in [0, 0.1) is 0 Å². The van der Waals surface area contributed by atoms with Gasteiger partial charge < -0.3 is 24.7 Å². The minimum absolute atomic E-state index is 0.0543. The molecule has 3 aromatic carbocycles. The van der Waals surface area contributed by atoms with Gasteiger partial charge >= 0.3 is 0 Å². The van der Waals surface area contributed by atoms with E-state index >= 15 is 0 Å². The van der Waals surface area contributed by atoms with Crippen LogP contribution in [0.15, 0.2) is 71.6 Å². The number of hydrogen-bond acceptors (Lipinski definition) is 7. The van der Waals surface area contributed by atoms with Gasteiger partial charge in [-0.15, -0.1) is 0 Å². The molecule has 2 heterocycles. The normalized spacial score (nSPS) is 16.5. The lowest BCUT2D eigenvalue weighted by Crippen LogP contribution is -2.53. The molecule has 0 saturated carbocycles. The summed E-state index contributed by atoms with van der Waals surface area (Å²) in [7, 11) is -3.96. The molecule has 0 unspecified atom stereocenters. The number of primary amides is 1. The minimum Gasteiger partial charge on any atom is -0.494 e. The Morgan fingerprint density at radius 2 is 1.58 bits per heavy atom. The Kier molecular flexibility index (Phi) is 7.58. The van der Waals surface area contributed by atoms with E-state index < -0.39 is 20.5 Å². The maximum atomic E-state index is 13.3. The number of fused-ring (bicyclic) bond motifs is 1. The second-order valence-corrected chi connectivity index (χ2v) is 11.7. The summed E-state index contributed by atoms with van der Waals surface area (Å²) >= 11 is 0. The first-order valence-corrected chi connectivity index (χ1v) is 14.2. The van der Waals surface area contributed by atoms with Gasteiger partial charge in [-0.25, -0.2) is 8.42 Å². The molecule has 1 saturated heterocycles. The molecule has 0 aliphatic carbocycles. The molecule has 0 atom stereocenters. The lowest BCUT2D eigenvalue weighted by atomic mass is 9.98. The van der Waals surface area contributed by atoms with Gasteiger partial charge in [0.2, 0.25) is 5.91 Å². The van der Waals surface area contributed by atoms with E-state index in [2.05, 4.69) is 18.2 Å². The summed E-state index contributed by atoms with van der Waals surface area (Å²) < 4.78 is 47.3. The molecule has 1 fully saturated rings. The molecule has 2 aliphatic heterocycles. The van der Waals surface area contributed by atoms with Gasteiger partial charge in [0.05, 0.1) is 11.5 Å². The van der Waals surface area contributed by atoms with Gasteiger partial charge in [0.25, 0.3) is 0 Å². The van der Waals surface area contributed by atoms with E-state index in [1.54, 1.807) is 12.1 Å². The van der Waals surface area contributed by atoms with E-state index in [1.807, 2.05) is 24.3 Å².